The molecule has 0 heterocycles. The van der Waals surface area contributed by atoms with Crippen molar-refractivity contribution in [1.29, 1.82) is 0 Å². The summed E-state index contributed by atoms with van der Waals surface area (Å²) in [5, 5.41) is 13.1. The summed E-state index contributed by atoms with van der Waals surface area (Å²) in [6, 6.07) is -1.09. The molecule has 2 atom stereocenters. The van der Waals surface area contributed by atoms with E-state index in [1.54, 1.807) is 6.08 Å². The average molecular weight is 700 g/mol. The molecule has 0 aromatic carbocycles. The van der Waals surface area contributed by atoms with Crippen LogP contribution in [0.4, 0.5) is 0 Å². The highest BCUT2D eigenvalue weighted by Crippen LogP contribution is 2.09. The van der Waals surface area contributed by atoms with Gasteiger partial charge < -0.3 is 10.4 Å². The van der Waals surface area contributed by atoms with Crippen molar-refractivity contribution in [2.75, 3.05) is 5.75 Å². The van der Waals surface area contributed by atoms with Gasteiger partial charge in [-0.2, -0.15) is 8.42 Å². The lowest BCUT2D eigenvalue weighted by Crippen LogP contribution is -2.46. The first-order valence-corrected chi connectivity index (χ1v) is 20.5. The second-order valence-electron chi connectivity index (χ2n) is 12.5. The number of rotatable bonds is 32. The van der Waals surface area contributed by atoms with E-state index in [1.165, 1.54) is 38.2 Å². The minimum absolute atomic E-state index is 0.252. The summed E-state index contributed by atoms with van der Waals surface area (Å²) in [7, 11) is -4.36. The second-order valence-corrected chi connectivity index (χ2v) is 14.0. The Bertz CT molecular complexity index is 1130. The van der Waals surface area contributed by atoms with Gasteiger partial charge in [-0.1, -0.05) is 150 Å². The van der Waals surface area contributed by atoms with E-state index in [4.69, 9.17) is 0 Å². The molecule has 278 valence electrons. The van der Waals surface area contributed by atoms with E-state index in [-0.39, 0.29) is 12.3 Å². The van der Waals surface area contributed by atoms with Crippen LogP contribution in [-0.4, -0.2) is 41.9 Å². The van der Waals surface area contributed by atoms with Crippen molar-refractivity contribution in [2.24, 2.45) is 0 Å². The normalized spacial score (nSPS) is 14.4. The summed E-state index contributed by atoms with van der Waals surface area (Å²) in [5.41, 5.74) is 0. The summed E-state index contributed by atoms with van der Waals surface area (Å²) >= 11 is 0. The molecule has 7 heteroatoms. The summed E-state index contributed by atoms with van der Waals surface area (Å²) in [5.74, 6) is -1.05. The zero-order valence-electron chi connectivity index (χ0n) is 30.8. The van der Waals surface area contributed by atoms with Crippen LogP contribution in [-0.2, 0) is 14.9 Å². The van der Waals surface area contributed by atoms with Crippen LogP contribution in [0.25, 0.3) is 0 Å². The van der Waals surface area contributed by atoms with E-state index in [0.717, 1.165) is 77.0 Å². The molecule has 0 spiro atoms. The number of aliphatic hydroxyl groups is 1. The zero-order chi connectivity index (χ0) is 36.1. The quantitative estimate of drug-likeness (QED) is 0.0368. The largest absolute Gasteiger partial charge is 0.387 e. The molecule has 0 aliphatic heterocycles. The Morgan fingerprint density at radius 2 is 1.00 bits per heavy atom. The smallest absolute Gasteiger partial charge is 0.267 e. The van der Waals surface area contributed by atoms with E-state index in [1.807, 2.05) is 0 Å². The van der Waals surface area contributed by atoms with Gasteiger partial charge in [0, 0.05) is 6.42 Å². The fraction of sp³-hybridized carbons (Fsp3) is 0.595. The van der Waals surface area contributed by atoms with Gasteiger partial charge in [0.1, 0.15) is 0 Å². The molecule has 0 aliphatic rings. The zero-order valence-corrected chi connectivity index (χ0v) is 31.6. The minimum atomic E-state index is -4.36. The molecule has 2 unspecified atom stereocenters. The van der Waals surface area contributed by atoms with Crippen LogP contribution in [0.3, 0.4) is 0 Å². The highest BCUT2D eigenvalue weighted by atomic mass is 32.2. The molecule has 0 aromatic rings. The Hall–Kier alpha value is -2.74. The van der Waals surface area contributed by atoms with Crippen molar-refractivity contribution in [3.05, 3.63) is 97.2 Å². The summed E-state index contributed by atoms with van der Waals surface area (Å²) in [6.45, 7) is 4.36. The van der Waals surface area contributed by atoms with E-state index in [2.05, 4.69) is 104 Å². The van der Waals surface area contributed by atoms with Crippen LogP contribution in [0, 0.1) is 0 Å². The lowest BCUT2D eigenvalue weighted by atomic mass is 10.1. The Morgan fingerprint density at radius 3 is 1.51 bits per heavy atom. The molecule has 0 rings (SSSR count). The number of unbranched alkanes of at least 4 members (excludes halogenated alkanes) is 10. The number of aliphatic hydroxyl groups excluding tert-OH is 1. The van der Waals surface area contributed by atoms with Gasteiger partial charge in [0.05, 0.1) is 17.9 Å². The molecule has 0 bridgehead atoms. The number of hydrogen-bond acceptors (Lipinski definition) is 4. The number of carbonyl (C=O) groups excluding carboxylic acids is 1. The molecule has 1 amide bonds. The molecule has 0 radical (unpaired) electrons. The van der Waals surface area contributed by atoms with Crippen LogP contribution in [0.15, 0.2) is 97.2 Å². The Kier molecular flexibility index (Phi) is 33.1. The third-order valence-corrected chi connectivity index (χ3v) is 8.52. The molecular formula is C42H69NO5S. The maximum atomic E-state index is 12.5. The number of nitrogens with one attached hydrogen (secondary N) is 1. The molecule has 0 saturated carbocycles. The lowest BCUT2D eigenvalue weighted by Gasteiger charge is -2.21. The first-order chi connectivity index (χ1) is 23.8. The van der Waals surface area contributed by atoms with Crippen LogP contribution in [0.1, 0.15) is 142 Å². The first kappa shape index (κ1) is 46.3. The molecule has 0 saturated heterocycles. The van der Waals surface area contributed by atoms with E-state index in [0.29, 0.717) is 12.8 Å². The molecule has 6 nitrogen and oxygen atoms in total. The van der Waals surface area contributed by atoms with Crippen LogP contribution >= 0.6 is 0 Å². The van der Waals surface area contributed by atoms with Crippen LogP contribution in [0.5, 0.6) is 0 Å². The average Bonchev–Trinajstić information content (AvgIpc) is 3.06. The van der Waals surface area contributed by atoms with Gasteiger partial charge in [-0.25, -0.2) is 0 Å². The SMILES string of the molecule is CC/C=C\C/C=C\C/C=C\C/C=C\C/C=C\C/C=C\CCCCCCC(=O)NC(CS(=O)(=O)O)C(O)/C=C/CC/C=C/CCCCCCC. The van der Waals surface area contributed by atoms with Gasteiger partial charge in [-0.3, -0.25) is 9.35 Å². The molecular weight excluding hydrogens is 631 g/mol. The number of hydrogen-bond donors (Lipinski definition) is 3. The van der Waals surface area contributed by atoms with Gasteiger partial charge in [0.25, 0.3) is 10.1 Å². The van der Waals surface area contributed by atoms with Crippen LogP contribution < -0.4 is 5.32 Å². The van der Waals surface area contributed by atoms with E-state index < -0.39 is 28.0 Å². The van der Waals surface area contributed by atoms with E-state index in [9.17, 15) is 22.9 Å². The third-order valence-electron chi connectivity index (χ3n) is 7.74. The van der Waals surface area contributed by atoms with Gasteiger partial charge in [-0.05, 0) is 83.5 Å². The number of allylic oxidation sites excluding steroid dienone is 15. The number of carbonyl (C=O) groups is 1. The van der Waals surface area contributed by atoms with Crippen molar-refractivity contribution in [3.63, 3.8) is 0 Å². The summed E-state index contributed by atoms with van der Waals surface area (Å²) in [6.07, 6.45) is 52.5. The fourth-order valence-corrected chi connectivity index (χ4v) is 5.67. The highest BCUT2D eigenvalue weighted by molar-refractivity contribution is 7.85. The van der Waals surface area contributed by atoms with Gasteiger partial charge in [0.15, 0.2) is 0 Å². The summed E-state index contributed by atoms with van der Waals surface area (Å²) in [4.78, 5) is 12.5. The fourth-order valence-electron chi connectivity index (χ4n) is 4.94. The minimum Gasteiger partial charge on any atom is -0.387 e. The molecule has 3 N–H and O–H groups in total. The summed E-state index contributed by atoms with van der Waals surface area (Å²) < 4.78 is 32.3. The van der Waals surface area contributed by atoms with Gasteiger partial charge in [0.2, 0.25) is 5.91 Å². The van der Waals surface area contributed by atoms with E-state index >= 15 is 0 Å². The van der Waals surface area contributed by atoms with Crippen molar-refractivity contribution in [3.8, 4) is 0 Å². The topological polar surface area (TPSA) is 104 Å². The third kappa shape index (κ3) is 36.4. The van der Waals surface area contributed by atoms with Crippen LogP contribution in [0.2, 0.25) is 0 Å². The highest BCUT2D eigenvalue weighted by Gasteiger charge is 2.24. The van der Waals surface area contributed by atoms with Gasteiger partial charge >= 0.3 is 0 Å². The Balaban J connectivity index is 4.06. The first-order valence-electron chi connectivity index (χ1n) is 18.9. The Labute approximate surface area is 300 Å². The second kappa shape index (κ2) is 35.1. The maximum absolute atomic E-state index is 12.5. The lowest BCUT2D eigenvalue weighted by molar-refractivity contribution is -0.122. The van der Waals surface area contributed by atoms with Crippen molar-refractivity contribution >= 4 is 16.0 Å². The number of amides is 1. The molecule has 0 fully saturated rings. The molecule has 0 aliphatic carbocycles. The molecule has 0 aromatic heterocycles. The molecule has 49 heavy (non-hydrogen) atoms. The maximum Gasteiger partial charge on any atom is 0.267 e. The monoisotopic (exact) mass is 699 g/mol. The predicted octanol–water partition coefficient (Wildman–Crippen LogP) is 11.0. The predicted molar refractivity (Wildman–Crippen MR) is 211 cm³/mol. The van der Waals surface area contributed by atoms with Gasteiger partial charge in [-0.15, -0.1) is 0 Å². The Morgan fingerprint density at radius 1 is 0.571 bits per heavy atom. The standard InChI is InChI=1S/C42H69NO5S/c1-3-5-7-9-11-13-15-16-17-18-19-20-21-22-23-24-25-26-28-30-32-34-36-38-42(45)43-40(39-49(46,47)48)41(44)37-35-33-31-29-27-14-12-10-8-6-4-2/h5,7,11,13,16-17,19-20,22-23,25-27,29,35,37,40-41,44H,3-4,6,8-10,12,14-15,18,21,24,28,30-34,36,38-39H2,1-2H3,(H,43,45)(H,46,47,48)/b7-5-,13-11-,17-16-,20-19-,23-22-,26-25-,29-27+,37-35+. The van der Waals surface area contributed by atoms with Crippen molar-refractivity contribution in [1.82, 2.24) is 5.32 Å². The van der Waals surface area contributed by atoms with Crippen molar-refractivity contribution in [2.45, 2.75) is 154 Å². The van der Waals surface area contributed by atoms with Crippen molar-refractivity contribution < 1.29 is 22.9 Å².